The third-order valence-corrected chi connectivity index (χ3v) is 7.23. The zero-order valence-electron chi connectivity index (χ0n) is 18.8. The first-order valence-electron chi connectivity index (χ1n) is 11.8. The summed E-state index contributed by atoms with van der Waals surface area (Å²) in [6.07, 6.45) is 11.5. The molecule has 6 nitrogen and oxygen atoms in total. The van der Waals surface area contributed by atoms with Gasteiger partial charge in [-0.2, -0.15) is 5.10 Å². The molecule has 2 aromatic rings. The third-order valence-electron chi connectivity index (χ3n) is 7.23. The molecular weight excluding hydrogens is 400 g/mol. The van der Waals surface area contributed by atoms with Gasteiger partial charge >= 0.3 is 0 Å². The Hall–Kier alpha value is -3.20. The molecule has 3 N–H and O–H groups in total. The number of hydrogen-bond acceptors (Lipinski definition) is 4. The van der Waals surface area contributed by atoms with E-state index in [1.165, 1.54) is 11.1 Å². The van der Waals surface area contributed by atoms with E-state index in [1.54, 1.807) is 4.90 Å². The Balaban J connectivity index is 1.72. The lowest BCUT2D eigenvalue weighted by Crippen LogP contribution is -2.40. The molecule has 0 spiro atoms. The SMILES string of the molecule is CCCC1(CCC)C(=O)N(CC#CO)c2cc3c4c([nH]c3cc21)C1=NNC=C(CCC4)C1. The maximum absolute atomic E-state index is 13.7. The average molecular weight is 431 g/mol. The van der Waals surface area contributed by atoms with Gasteiger partial charge in [0, 0.05) is 29.2 Å². The van der Waals surface area contributed by atoms with Gasteiger partial charge in [0.25, 0.3) is 0 Å². The smallest absolute Gasteiger partial charge is 0.238 e. The zero-order valence-corrected chi connectivity index (χ0v) is 18.8. The van der Waals surface area contributed by atoms with E-state index in [9.17, 15) is 4.79 Å². The fraction of sp³-hybridized carbons (Fsp3) is 0.462. The number of carbonyl (C=O) groups excluding carboxylic acids is 1. The molecule has 1 amide bonds. The molecule has 0 radical (unpaired) electrons. The van der Waals surface area contributed by atoms with E-state index in [-0.39, 0.29) is 12.5 Å². The number of nitrogens with zero attached hydrogens (tertiary/aromatic N) is 2. The number of rotatable bonds is 5. The lowest BCUT2D eigenvalue weighted by molar-refractivity contribution is -0.123. The van der Waals surface area contributed by atoms with Gasteiger partial charge in [0.05, 0.1) is 23.4 Å². The second-order valence-corrected chi connectivity index (χ2v) is 9.18. The molecule has 2 bridgehead atoms. The van der Waals surface area contributed by atoms with Crippen LogP contribution in [0, 0.1) is 12.0 Å². The van der Waals surface area contributed by atoms with Crippen LogP contribution in [0.1, 0.15) is 75.6 Å². The van der Waals surface area contributed by atoms with Crippen molar-refractivity contribution in [1.82, 2.24) is 10.4 Å². The third kappa shape index (κ3) is 3.02. The minimum absolute atomic E-state index is 0.116. The zero-order chi connectivity index (χ0) is 22.3. The van der Waals surface area contributed by atoms with Crippen LogP contribution in [0.15, 0.2) is 29.0 Å². The Morgan fingerprint density at radius 1 is 1.22 bits per heavy atom. The number of benzene rings is 1. The molecule has 0 saturated carbocycles. The molecule has 2 aliphatic heterocycles. The highest BCUT2D eigenvalue weighted by molar-refractivity contribution is 6.12. The lowest BCUT2D eigenvalue weighted by Gasteiger charge is -2.28. The van der Waals surface area contributed by atoms with Crippen molar-refractivity contribution in [3.05, 3.63) is 40.7 Å². The van der Waals surface area contributed by atoms with Crippen molar-refractivity contribution in [2.24, 2.45) is 5.10 Å². The van der Waals surface area contributed by atoms with Crippen LogP contribution >= 0.6 is 0 Å². The van der Waals surface area contributed by atoms with Crippen LogP contribution in [0.4, 0.5) is 5.69 Å². The van der Waals surface area contributed by atoms with Crippen molar-refractivity contribution in [1.29, 1.82) is 0 Å². The number of carbonyl (C=O) groups is 1. The van der Waals surface area contributed by atoms with E-state index >= 15 is 0 Å². The topological polar surface area (TPSA) is 80.7 Å². The average Bonchev–Trinajstić information content (AvgIpc) is 3.24. The number of aromatic amines is 1. The summed E-state index contributed by atoms with van der Waals surface area (Å²) in [5.74, 6) is 2.82. The second-order valence-electron chi connectivity index (χ2n) is 9.18. The highest BCUT2D eigenvalue weighted by Crippen LogP contribution is 2.49. The summed E-state index contributed by atoms with van der Waals surface area (Å²) < 4.78 is 0. The van der Waals surface area contributed by atoms with Crippen LogP contribution < -0.4 is 10.3 Å². The van der Waals surface area contributed by atoms with Gasteiger partial charge in [0.15, 0.2) is 0 Å². The first-order chi connectivity index (χ1) is 15.6. The number of aliphatic hydroxyl groups excluding tert-OH is 1. The van der Waals surface area contributed by atoms with Crippen LogP contribution in [-0.2, 0) is 16.6 Å². The quantitative estimate of drug-likeness (QED) is 0.606. The van der Waals surface area contributed by atoms with Crippen LogP contribution in [-0.4, -0.2) is 28.3 Å². The van der Waals surface area contributed by atoms with E-state index in [1.807, 2.05) is 12.3 Å². The summed E-state index contributed by atoms with van der Waals surface area (Å²) in [6, 6.07) is 4.39. The van der Waals surface area contributed by atoms with Gasteiger partial charge in [0.2, 0.25) is 5.91 Å². The van der Waals surface area contributed by atoms with Crippen LogP contribution in [0.2, 0.25) is 0 Å². The summed E-state index contributed by atoms with van der Waals surface area (Å²) in [5.41, 5.74) is 10.5. The fourth-order valence-corrected chi connectivity index (χ4v) is 5.92. The molecule has 0 fully saturated rings. The number of anilines is 1. The van der Waals surface area contributed by atoms with Gasteiger partial charge in [-0.25, -0.2) is 0 Å². The normalized spacial score (nSPS) is 18.6. The van der Waals surface area contributed by atoms with Gasteiger partial charge < -0.3 is 10.1 Å². The van der Waals surface area contributed by atoms with Crippen LogP contribution in [0.5, 0.6) is 0 Å². The lowest BCUT2D eigenvalue weighted by atomic mass is 9.74. The van der Waals surface area contributed by atoms with Crippen molar-refractivity contribution >= 4 is 28.2 Å². The molecule has 5 rings (SSSR count). The van der Waals surface area contributed by atoms with Crippen molar-refractivity contribution < 1.29 is 9.90 Å². The van der Waals surface area contributed by atoms with E-state index < -0.39 is 5.41 Å². The van der Waals surface area contributed by atoms with Crippen molar-refractivity contribution in [2.45, 2.75) is 70.6 Å². The first-order valence-corrected chi connectivity index (χ1v) is 11.8. The monoisotopic (exact) mass is 430 g/mol. The maximum Gasteiger partial charge on any atom is 0.238 e. The van der Waals surface area contributed by atoms with Crippen LogP contribution in [0.25, 0.3) is 10.9 Å². The van der Waals surface area contributed by atoms with Crippen LogP contribution in [0.3, 0.4) is 0 Å². The molecule has 1 aliphatic carbocycles. The van der Waals surface area contributed by atoms with E-state index in [4.69, 9.17) is 5.11 Å². The van der Waals surface area contributed by atoms with Crippen molar-refractivity contribution in [2.75, 3.05) is 11.4 Å². The van der Waals surface area contributed by atoms with E-state index in [0.29, 0.717) is 0 Å². The Labute approximate surface area is 188 Å². The number of aromatic nitrogens is 1. The Kier molecular flexibility index (Phi) is 5.21. The van der Waals surface area contributed by atoms with Gasteiger partial charge in [-0.3, -0.25) is 15.1 Å². The summed E-state index contributed by atoms with van der Waals surface area (Å²) in [7, 11) is 0. The molecule has 32 heavy (non-hydrogen) atoms. The predicted molar refractivity (Wildman–Crippen MR) is 127 cm³/mol. The Morgan fingerprint density at radius 2 is 2.03 bits per heavy atom. The molecule has 3 heterocycles. The molecule has 0 unspecified atom stereocenters. The van der Waals surface area contributed by atoms with Crippen molar-refractivity contribution in [3.8, 4) is 12.0 Å². The molecule has 1 aromatic heterocycles. The second kappa shape index (κ2) is 8.05. The Bertz CT molecular complexity index is 1200. The standard InChI is InChI=1S/C26H30N4O2/c1-3-9-26(10-4-2)20-15-21-19(14-23(20)30(25(26)32)11-6-12-31)18-8-5-7-17-13-22(24(18)28-21)29-27-16-17/h14-16,27-28,31H,3-5,7-11,13H2,1-2H3. The Morgan fingerprint density at radius 3 is 2.78 bits per heavy atom. The maximum atomic E-state index is 13.7. The predicted octanol–water partition coefficient (Wildman–Crippen LogP) is 4.60. The van der Waals surface area contributed by atoms with Crippen molar-refractivity contribution in [3.63, 3.8) is 0 Å². The van der Waals surface area contributed by atoms with E-state index in [0.717, 1.165) is 84.9 Å². The summed E-state index contributed by atoms with van der Waals surface area (Å²) in [4.78, 5) is 19.2. The summed E-state index contributed by atoms with van der Waals surface area (Å²) >= 11 is 0. The van der Waals surface area contributed by atoms with Gasteiger partial charge in [-0.15, -0.1) is 0 Å². The number of H-pyrrole nitrogens is 1. The molecule has 166 valence electrons. The number of amides is 1. The molecule has 6 heteroatoms. The number of hydrazone groups is 1. The number of hydrogen-bond donors (Lipinski definition) is 3. The molecule has 3 aliphatic rings. The summed E-state index contributed by atoms with van der Waals surface area (Å²) in [5, 5.41) is 14.8. The first kappa shape index (κ1) is 20.7. The minimum Gasteiger partial charge on any atom is -0.462 e. The number of fused-ring (bicyclic) bond motifs is 7. The minimum atomic E-state index is -0.524. The number of aryl methyl sites for hydroxylation is 1. The molecule has 0 atom stereocenters. The van der Waals surface area contributed by atoms with Gasteiger partial charge in [0.1, 0.15) is 6.11 Å². The largest absolute Gasteiger partial charge is 0.462 e. The molecule has 1 aromatic carbocycles. The number of nitrogens with one attached hydrogen (secondary N) is 2. The van der Waals surface area contributed by atoms with Gasteiger partial charge in [-0.05, 0) is 66.9 Å². The fourth-order valence-electron chi connectivity index (χ4n) is 5.92. The number of aliphatic hydroxyl groups is 1. The molecular formula is C26H30N4O2. The highest BCUT2D eigenvalue weighted by atomic mass is 16.2. The van der Waals surface area contributed by atoms with E-state index in [2.05, 4.69) is 47.4 Å². The highest BCUT2D eigenvalue weighted by Gasteiger charge is 2.49. The number of allylic oxidation sites excluding steroid dienone is 1. The van der Waals surface area contributed by atoms with Gasteiger partial charge in [-0.1, -0.05) is 26.7 Å². The molecule has 0 saturated heterocycles. The summed E-state index contributed by atoms with van der Waals surface area (Å²) in [6.45, 7) is 4.48.